The molecule has 2 fully saturated rings. The zero-order valence-electron chi connectivity index (χ0n) is 12.4. The highest BCUT2D eigenvalue weighted by Gasteiger charge is 2.65. The molecule has 2 aliphatic carbocycles. The molecule has 0 radical (unpaired) electrons. The first kappa shape index (κ1) is 14.8. The molecule has 118 valence electrons. The van der Waals surface area contributed by atoms with Crippen LogP contribution in [0, 0.1) is 11.8 Å². The fourth-order valence-electron chi connectivity index (χ4n) is 2.86. The van der Waals surface area contributed by atoms with Crippen molar-refractivity contribution in [2.45, 2.75) is 24.7 Å². The lowest BCUT2D eigenvalue weighted by molar-refractivity contribution is -0.146. The molecule has 0 aromatic heterocycles. The number of hydrogen-bond acceptors (Lipinski definition) is 5. The summed E-state index contributed by atoms with van der Waals surface area (Å²) in [5.41, 5.74) is 1.27. The smallest absolute Gasteiger partial charge is 0.317 e. The molecule has 2 N–H and O–H groups in total. The van der Waals surface area contributed by atoms with Gasteiger partial charge in [0.2, 0.25) is 5.91 Å². The highest BCUT2D eigenvalue weighted by atomic mass is 16.5. The Morgan fingerprint density at radius 1 is 1.41 bits per heavy atom. The van der Waals surface area contributed by atoms with Crippen molar-refractivity contribution < 1.29 is 24.3 Å². The van der Waals surface area contributed by atoms with E-state index in [9.17, 15) is 9.59 Å². The van der Waals surface area contributed by atoms with Gasteiger partial charge in [0.1, 0.15) is 11.2 Å². The summed E-state index contributed by atoms with van der Waals surface area (Å²) in [6.45, 7) is 0.676. The maximum absolute atomic E-state index is 12.2. The summed E-state index contributed by atoms with van der Waals surface area (Å²) in [6, 6.07) is 7.20. The summed E-state index contributed by atoms with van der Waals surface area (Å²) >= 11 is 0. The highest BCUT2D eigenvalue weighted by Crippen LogP contribution is 2.55. The molecule has 6 heteroatoms. The molecular weight excluding hydrogens is 286 g/mol. The second-order valence-electron chi connectivity index (χ2n) is 5.98. The van der Waals surface area contributed by atoms with E-state index in [1.54, 1.807) is 23.7 Å². The van der Waals surface area contributed by atoms with Crippen LogP contribution < -0.4 is 10.2 Å². The Morgan fingerprint density at radius 2 is 2.18 bits per heavy atom. The number of hydrogen-bond donors (Lipinski definition) is 2. The van der Waals surface area contributed by atoms with Crippen molar-refractivity contribution in [3.05, 3.63) is 29.8 Å². The molecule has 2 saturated carbocycles. The van der Waals surface area contributed by atoms with E-state index in [2.05, 4.69) is 0 Å². The number of esters is 1. The molecule has 2 unspecified atom stereocenters. The summed E-state index contributed by atoms with van der Waals surface area (Å²) < 4.78 is 10.6. The number of hydroxylamine groups is 1. The average Bonchev–Trinajstić information content (AvgIpc) is 3.46. The van der Waals surface area contributed by atoms with E-state index >= 15 is 0 Å². The van der Waals surface area contributed by atoms with Crippen LogP contribution in [0.5, 0.6) is 5.75 Å². The van der Waals surface area contributed by atoms with Crippen molar-refractivity contribution in [1.29, 1.82) is 0 Å². The van der Waals surface area contributed by atoms with Gasteiger partial charge >= 0.3 is 5.97 Å². The van der Waals surface area contributed by atoms with Crippen molar-refractivity contribution in [1.82, 2.24) is 5.48 Å². The molecule has 0 bridgehead atoms. The van der Waals surface area contributed by atoms with Crippen LogP contribution in [0.25, 0.3) is 0 Å². The fraction of sp³-hybridized carbons (Fsp3) is 0.500. The molecule has 0 heterocycles. The first-order chi connectivity index (χ1) is 10.6. The number of methoxy groups -OCH3 is 1. The van der Waals surface area contributed by atoms with Crippen molar-refractivity contribution in [2.24, 2.45) is 11.8 Å². The Kier molecular flexibility index (Phi) is 3.78. The van der Waals surface area contributed by atoms with E-state index < -0.39 is 23.2 Å². The molecule has 1 aromatic rings. The van der Waals surface area contributed by atoms with Crippen LogP contribution in [0.15, 0.2) is 24.3 Å². The Bertz CT molecular complexity index is 598. The van der Waals surface area contributed by atoms with Crippen LogP contribution in [0.3, 0.4) is 0 Å². The van der Waals surface area contributed by atoms with Crippen LogP contribution in [0.2, 0.25) is 0 Å². The molecule has 0 aliphatic heterocycles. The van der Waals surface area contributed by atoms with Gasteiger partial charge in [-0.3, -0.25) is 14.8 Å². The lowest BCUT2D eigenvalue weighted by atomic mass is 9.92. The number of ether oxygens (including phenoxy) is 2. The summed E-state index contributed by atoms with van der Waals surface area (Å²) in [7, 11) is 1.30. The van der Waals surface area contributed by atoms with Crippen LogP contribution in [0.4, 0.5) is 0 Å². The molecular formula is C16H19NO5. The van der Waals surface area contributed by atoms with Crippen LogP contribution in [-0.4, -0.2) is 30.8 Å². The van der Waals surface area contributed by atoms with Gasteiger partial charge < -0.3 is 9.47 Å². The molecule has 0 saturated heterocycles. The summed E-state index contributed by atoms with van der Waals surface area (Å²) in [4.78, 5) is 23.9. The largest absolute Gasteiger partial charge is 0.493 e. The van der Waals surface area contributed by atoms with Gasteiger partial charge in [0.15, 0.2) is 0 Å². The van der Waals surface area contributed by atoms with Gasteiger partial charge in [0.25, 0.3) is 0 Å². The zero-order chi connectivity index (χ0) is 15.7. The molecule has 3 rings (SSSR count). The minimum Gasteiger partial charge on any atom is -0.493 e. The molecule has 6 nitrogen and oxygen atoms in total. The van der Waals surface area contributed by atoms with Gasteiger partial charge in [-0.2, -0.15) is 0 Å². The standard InChI is InChI=1S/C16H19NO5/c1-21-15(19)16(8-13(16)14(18)17-20)11-3-2-4-12(7-11)22-9-10-5-6-10/h2-4,7,10,13,20H,5-6,8-9H2,1H3,(H,17,18). The molecule has 2 aliphatic rings. The molecule has 1 amide bonds. The number of carbonyl (C=O) groups excluding carboxylic acids is 2. The minimum absolute atomic E-state index is 0.318. The number of rotatable bonds is 6. The number of carbonyl (C=O) groups is 2. The van der Waals surface area contributed by atoms with Crippen molar-refractivity contribution >= 4 is 11.9 Å². The molecule has 1 aromatic carbocycles. The van der Waals surface area contributed by atoms with Crippen LogP contribution >= 0.6 is 0 Å². The third kappa shape index (κ3) is 2.54. The van der Waals surface area contributed by atoms with Gasteiger partial charge in [0.05, 0.1) is 19.6 Å². The summed E-state index contributed by atoms with van der Waals surface area (Å²) in [5.74, 6) is -0.353. The zero-order valence-corrected chi connectivity index (χ0v) is 12.4. The van der Waals surface area contributed by atoms with Gasteiger partial charge in [-0.15, -0.1) is 0 Å². The van der Waals surface area contributed by atoms with E-state index in [1.165, 1.54) is 20.0 Å². The van der Waals surface area contributed by atoms with E-state index in [0.29, 0.717) is 30.3 Å². The van der Waals surface area contributed by atoms with E-state index in [1.807, 2.05) is 6.07 Å². The lowest BCUT2D eigenvalue weighted by Crippen LogP contribution is -2.31. The van der Waals surface area contributed by atoms with Gasteiger partial charge in [-0.25, -0.2) is 5.48 Å². The topological polar surface area (TPSA) is 84.9 Å². The lowest BCUT2D eigenvalue weighted by Gasteiger charge is -2.16. The van der Waals surface area contributed by atoms with Gasteiger partial charge in [0, 0.05) is 0 Å². The van der Waals surface area contributed by atoms with Gasteiger partial charge in [-0.1, -0.05) is 12.1 Å². The Hall–Kier alpha value is -2.08. The predicted octanol–water partition coefficient (Wildman–Crippen LogP) is 1.41. The SMILES string of the molecule is COC(=O)C1(c2cccc(OCC3CC3)c2)CC1C(=O)NO. The number of nitrogens with one attached hydrogen (secondary N) is 1. The van der Waals surface area contributed by atoms with Crippen LogP contribution in [0.1, 0.15) is 24.8 Å². The van der Waals surface area contributed by atoms with Gasteiger partial charge in [-0.05, 0) is 42.9 Å². The molecule has 22 heavy (non-hydrogen) atoms. The van der Waals surface area contributed by atoms with E-state index in [4.69, 9.17) is 14.7 Å². The maximum Gasteiger partial charge on any atom is 0.317 e. The Labute approximate surface area is 128 Å². The quantitative estimate of drug-likeness (QED) is 0.471. The minimum atomic E-state index is -1.03. The second kappa shape index (κ2) is 5.61. The van der Waals surface area contributed by atoms with Crippen molar-refractivity contribution in [3.63, 3.8) is 0 Å². The van der Waals surface area contributed by atoms with Crippen LogP contribution in [-0.2, 0) is 19.7 Å². The third-order valence-corrected chi connectivity index (χ3v) is 4.47. The first-order valence-electron chi connectivity index (χ1n) is 7.37. The summed E-state index contributed by atoms with van der Waals surface area (Å²) in [6.07, 6.45) is 2.72. The number of amides is 1. The summed E-state index contributed by atoms with van der Waals surface area (Å²) in [5, 5.41) is 8.81. The fourth-order valence-corrected chi connectivity index (χ4v) is 2.86. The monoisotopic (exact) mass is 305 g/mol. The maximum atomic E-state index is 12.2. The van der Waals surface area contributed by atoms with Crippen molar-refractivity contribution in [3.8, 4) is 5.75 Å². The highest BCUT2D eigenvalue weighted by molar-refractivity contribution is 5.97. The van der Waals surface area contributed by atoms with E-state index in [-0.39, 0.29) is 0 Å². The second-order valence-corrected chi connectivity index (χ2v) is 5.98. The third-order valence-electron chi connectivity index (χ3n) is 4.47. The van der Waals surface area contributed by atoms with E-state index in [0.717, 1.165) is 0 Å². The number of benzene rings is 1. The predicted molar refractivity (Wildman–Crippen MR) is 76.4 cm³/mol. The molecule has 0 spiro atoms. The normalized spacial score (nSPS) is 26.2. The van der Waals surface area contributed by atoms with Crippen molar-refractivity contribution in [2.75, 3.05) is 13.7 Å². The average molecular weight is 305 g/mol. The molecule has 2 atom stereocenters. The Morgan fingerprint density at radius 3 is 2.82 bits per heavy atom. The first-order valence-corrected chi connectivity index (χ1v) is 7.37. The Balaban J connectivity index is 1.83.